The molecule has 23 heavy (non-hydrogen) atoms. The Morgan fingerprint density at radius 2 is 1.91 bits per heavy atom. The molecule has 8 nitrogen and oxygen atoms in total. The lowest BCUT2D eigenvalue weighted by Crippen LogP contribution is -2.16. The second kappa shape index (κ2) is 6.28. The third-order valence-corrected chi connectivity index (χ3v) is 5.05. The van der Waals surface area contributed by atoms with Crippen molar-refractivity contribution in [1.29, 1.82) is 5.26 Å². The molecule has 1 heterocycles. The van der Waals surface area contributed by atoms with E-state index in [1.807, 2.05) is 0 Å². The third kappa shape index (κ3) is 3.13. The van der Waals surface area contributed by atoms with Crippen LogP contribution in [-0.4, -0.2) is 23.3 Å². The maximum atomic E-state index is 12.6. The lowest BCUT2D eigenvalue weighted by Gasteiger charge is -2.11. The van der Waals surface area contributed by atoms with Crippen molar-refractivity contribution in [3.05, 3.63) is 57.1 Å². The van der Waals surface area contributed by atoms with E-state index >= 15 is 0 Å². The zero-order chi connectivity index (χ0) is 17.2. The summed E-state index contributed by atoms with van der Waals surface area (Å²) in [6.45, 7) is 1.39. The Morgan fingerprint density at radius 1 is 1.30 bits per heavy atom. The Morgan fingerprint density at radius 3 is 2.43 bits per heavy atom. The van der Waals surface area contributed by atoms with Crippen LogP contribution in [0.2, 0.25) is 5.15 Å². The van der Waals surface area contributed by atoms with Gasteiger partial charge < -0.3 is 0 Å². The molecule has 0 N–H and O–H groups in total. The molecular formula is C13H9ClN4O4S. The molecule has 0 saturated carbocycles. The quantitative estimate of drug-likeness (QED) is 0.469. The highest BCUT2D eigenvalue weighted by atomic mass is 35.5. The molecule has 0 aliphatic carbocycles. The molecule has 0 aliphatic rings. The summed E-state index contributed by atoms with van der Waals surface area (Å²) in [5.41, 5.74) is -1.33. The van der Waals surface area contributed by atoms with E-state index < -0.39 is 36.5 Å². The summed E-state index contributed by atoms with van der Waals surface area (Å²) in [6.07, 6.45) is 0. The number of aromatic nitrogens is 2. The minimum atomic E-state index is -4.21. The molecule has 0 aliphatic heterocycles. The van der Waals surface area contributed by atoms with Crippen molar-refractivity contribution in [3.8, 4) is 6.07 Å². The molecule has 0 fully saturated rings. The molecule has 2 rings (SSSR count). The lowest BCUT2D eigenvalue weighted by molar-refractivity contribution is -0.386. The van der Waals surface area contributed by atoms with E-state index in [9.17, 15) is 23.8 Å². The fourth-order valence-corrected chi connectivity index (χ4v) is 3.62. The van der Waals surface area contributed by atoms with Gasteiger partial charge in [-0.2, -0.15) is 5.26 Å². The van der Waals surface area contributed by atoms with Gasteiger partial charge in [0.15, 0.2) is 5.69 Å². The molecule has 0 saturated heterocycles. The van der Waals surface area contributed by atoms with E-state index in [4.69, 9.17) is 11.6 Å². The minimum Gasteiger partial charge on any atom is -0.258 e. The van der Waals surface area contributed by atoms with Gasteiger partial charge in [-0.15, -0.1) is 0 Å². The second-order valence-corrected chi connectivity index (χ2v) is 6.81. The second-order valence-electron chi connectivity index (χ2n) is 4.42. The van der Waals surface area contributed by atoms with Crippen LogP contribution in [0.3, 0.4) is 0 Å². The number of nitro groups is 1. The molecule has 0 spiro atoms. The van der Waals surface area contributed by atoms with Crippen LogP contribution in [0.5, 0.6) is 0 Å². The number of hydrogen-bond acceptors (Lipinski definition) is 7. The first kappa shape index (κ1) is 16.8. The average molecular weight is 353 g/mol. The van der Waals surface area contributed by atoms with Crippen molar-refractivity contribution in [2.45, 2.75) is 17.1 Å². The van der Waals surface area contributed by atoms with Crippen LogP contribution in [0.15, 0.2) is 35.2 Å². The minimum absolute atomic E-state index is 0.0270. The Hall–Kier alpha value is -2.57. The van der Waals surface area contributed by atoms with Crippen LogP contribution < -0.4 is 0 Å². The van der Waals surface area contributed by atoms with Crippen LogP contribution in [0, 0.1) is 28.4 Å². The Balaban J connectivity index is 2.74. The highest BCUT2D eigenvalue weighted by molar-refractivity contribution is 7.92. The van der Waals surface area contributed by atoms with Crippen LogP contribution in [0.4, 0.5) is 5.69 Å². The van der Waals surface area contributed by atoms with Gasteiger partial charge in [-0.05, 0) is 19.1 Å². The number of benzene rings is 1. The monoisotopic (exact) mass is 352 g/mol. The van der Waals surface area contributed by atoms with Gasteiger partial charge >= 0.3 is 5.69 Å². The topological polar surface area (TPSA) is 127 Å². The first-order valence-electron chi connectivity index (χ1n) is 6.16. The number of nitrogens with zero attached hydrogens (tertiary/aromatic N) is 4. The lowest BCUT2D eigenvalue weighted by atomic mass is 10.2. The smallest absolute Gasteiger partial charge is 0.258 e. The van der Waals surface area contributed by atoms with Gasteiger partial charge in [0.05, 0.1) is 15.9 Å². The summed E-state index contributed by atoms with van der Waals surface area (Å²) >= 11 is 5.73. The van der Waals surface area contributed by atoms with E-state index in [2.05, 4.69) is 9.97 Å². The van der Waals surface area contributed by atoms with Gasteiger partial charge in [-0.1, -0.05) is 29.8 Å². The van der Waals surface area contributed by atoms with Gasteiger partial charge in [0.25, 0.3) is 0 Å². The van der Waals surface area contributed by atoms with E-state index in [0.717, 1.165) is 0 Å². The van der Waals surface area contributed by atoms with E-state index in [0.29, 0.717) is 0 Å². The van der Waals surface area contributed by atoms with Crippen molar-refractivity contribution in [2.24, 2.45) is 0 Å². The summed E-state index contributed by atoms with van der Waals surface area (Å²) in [6, 6.07) is 8.72. The molecule has 1 atom stereocenters. The number of halogens is 1. The molecule has 0 radical (unpaired) electrons. The van der Waals surface area contributed by atoms with Crippen molar-refractivity contribution < 1.29 is 13.3 Å². The molecule has 1 unspecified atom stereocenters. The van der Waals surface area contributed by atoms with Gasteiger partial charge in [0, 0.05) is 0 Å². The van der Waals surface area contributed by atoms with Crippen LogP contribution >= 0.6 is 11.6 Å². The molecule has 2 aromatic rings. The summed E-state index contributed by atoms with van der Waals surface area (Å²) < 4.78 is 25.2. The van der Waals surface area contributed by atoms with Crippen molar-refractivity contribution in [3.63, 3.8) is 0 Å². The predicted molar refractivity (Wildman–Crippen MR) is 80.4 cm³/mol. The van der Waals surface area contributed by atoms with E-state index in [1.165, 1.54) is 31.2 Å². The maximum Gasteiger partial charge on any atom is 0.330 e. The zero-order valence-corrected chi connectivity index (χ0v) is 13.2. The third-order valence-electron chi connectivity index (χ3n) is 2.91. The van der Waals surface area contributed by atoms with E-state index in [1.54, 1.807) is 12.1 Å². The summed E-state index contributed by atoms with van der Waals surface area (Å²) in [5, 5.41) is 18.1. The van der Waals surface area contributed by atoms with Gasteiger partial charge in [-0.25, -0.2) is 18.4 Å². The number of aryl methyl sites for hydroxylation is 1. The molecule has 1 aromatic carbocycles. The van der Waals surface area contributed by atoms with Gasteiger partial charge in [0.1, 0.15) is 5.82 Å². The zero-order valence-electron chi connectivity index (χ0n) is 11.7. The fraction of sp³-hybridized carbons (Fsp3) is 0.154. The summed E-state index contributed by atoms with van der Waals surface area (Å²) in [5.74, 6) is 0.0270. The Bertz CT molecular complexity index is 910. The van der Waals surface area contributed by atoms with Crippen LogP contribution in [-0.2, 0) is 9.84 Å². The van der Waals surface area contributed by atoms with Gasteiger partial charge in [0.2, 0.25) is 20.2 Å². The number of nitriles is 1. The number of rotatable bonds is 4. The first-order valence-corrected chi connectivity index (χ1v) is 8.08. The largest absolute Gasteiger partial charge is 0.330 e. The fourth-order valence-electron chi connectivity index (χ4n) is 1.93. The average Bonchev–Trinajstić information content (AvgIpc) is 2.47. The van der Waals surface area contributed by atoms with E-state index in [-0.39, 0.29) is 10.7 Å². The molecule has 10 heteroatoms. The maximum absolute atomic E-state index is 12.6. The first-order chi connectivity index (χ1) is 10.8. The highest BCUT2D eigenvalue weighted by Gasteiger charge is 2.38. The van der Waals surface area contributed by atoms with Crippen molar-refractivity contribution >= 4 is 27.1 Å². The predicted octanol–water partition coefficient (Wildman–Crippen LogP) is 2.39. The number of sulfone groups is 1. The van der Waals surface area contributed by atoms with Crippen LogP contribution in [0.25, 0.3) is 0 Å². The SMILES string of the molecule is Cc1nc(Cl)c([N+](=O)[O-])c(C(C#N)S(=O)(=O)c2ccccc2)n1. The Labute approximate surface area is 136 Å². The molecule has 118 valence electrons. The molecule has 0 bridgehead atoms. The standard InChI is InChI=1S/C13H9ClN4O4S/c1-8-16-11(12(18(19)20)13(14)17-8)10(7-15)23(21,22)9-5-3-2-4-6-9/h2-6,10H,1H3. The summed E-state index contributed by atoms with van der Waals surface area (Å²) in [7, 11) is -4.21. The Kier molecular flexibility index (Phi) is 4.58. The van der Waals surface area contributed by atoms with Crippen molar-refractivity contribution in [2.75, 3.05) is 0 Å². The molecular weight excluding hydrogens is 344 g/mol. The molecule has 0 amide bonds. The van der Waals surface area contributed by atoms with Crippen LogP contribution in [0.1, 0.15) is 16.8 Å². The molecule has 1 aromatic heterocycles. The van der Waals surface area contributed by atoms with Crippen molar-refractivity contribution in [1.82, 2.24) is 9.97 Å². The normalized spacial score (nSPS) is 12.4. The van der Waals surface area contributed by atoms with Gasteiger partial charge in [-0.3, -0.25) is 10.1 Å². The summed E-state index contributed by atoms with van der Waals surface area (Å²) in [4.78, 5) is 17.5. The number of hydrogen-bond donors (Lipinski definition) is 0. The highest BCUT2D eigenvalue weighted by Crippen LogP contribution is 2.35.